The fraction of sp³-hybridized carbons (Fsp3) is 0.176. The molecule has 4 nitrogen and oxygen atoms in total. The fourth-order valence-electron chi connectivity index (χ4n) is 2.34. The molecule has 0 spiro atoms. The topological polar surface area (TPSA) is 55.1 Å². The monoisotopic (exact) mass is 346 g/mol. The molecule has 0 saturated carbocycles. The molecule has 1 unspecified atom stereocenters. The van der Waals surface area contributed by atoms with Gasteiger partial charge in [-0.3, -0.25) is 0 Å². The highest BCUT2D eigenvalue weighted by atomic mass is 35.5. The standard InChI is InChI=1S/C17H15ClN2O2S/c1-11(16(21)22)20-15-5-3-2-4-14(15)19-17(20)23-10-12-6-8-13(18)9-7-12/h2-9,11H,10H2,1H3,(H,21,22). The lowest BCUT2D eigenvalue weighted by Gasteiger charge is -2.13. The minimum atomic E-state index is -0.874. The van der Waals surface area contributed by atoms with Gasteiger partial charge in [0.25, 0.3) is 0 Å². The van der Waals surface area contributed by atoms with E-state index in [2.05, 4.69) is 4.98 Å². The zero-order valence-electron chi connectivity index (χ0n) is 12.4. The van der Waals surface area contributed by atoms with Gasteiger partial charge >= 0.3 is 5.97 Å². The zero-order chi connectivity index (χ0) is 16.4. The summed E-state index contributed by atoms with van der Waals surface area (Å²) >= 11 is 7.42. The molecule has 0 amide bonds. The van der Waals surface area contributed by atoms with Crippen molar-refractivity contribution in [3.05, 3.63) is 59.1 Å². The van der Waals surface area contributed by atoms with Crippen LogP contribution in [0.25, 0.3) is 11.0 Å². The van der Waals surface area contributed by atoms with Gasteiger partial charge in [0, 0.05) is 10.8 Å². The highest BCUT2D eigenvalue weighted by Crippen LogP contribution is 2.30. The fourth-order valence-corrected chi connectivity index (χ4v) is 3.51. The first-order valence-electron chi connectivity index (χ1n) is 7.13. The van der Waals surface area contributed by atoms with Gasteiger partial charge in [0.2, 0.25) is 0 Å². The Balaban J connectivity index is 1.94. The maximum Gasteiger partial charge on any atom is 0.326 e. The number of para-hydroxylation sites is 2. The van der Waals surface area contributed by atoms with Crippen molar-refractivity contribution in [2.75, 3.05) is 0 Å². The molecule has 3 rings (SSSR count). The predicted molar refractivity (Wildman–Crippen MR) is 93.1 cm³/mol. The van der Waals surface area contributed by atoms with Crippen molar-refractivity contribution < 1.29 is 9.90 Å². The van der Waals surface area contributed by atoms with Crippen molar-refractivity contribution in [3.8, 4) is 0 Å². The first-order chi connectivity index (χ1) is 11.1. The third-order valence-electron chi connectivity index (χ3n) is 3.59. The van der Waals surface area contributed by atoms with Crippen LogP contribution in [0, 0.1) is 0 Å². The Labute approximate surface area is 143 Å². The summed E-state index contributed by atoms with van der Waals surface area (Å²) in [6.45, 7) is 1.67. The van der Waals surface area contributed by atoms with Crippen molar-refractivity contribution in [3.63, 3.8) is 0 Å². The number of halogens is 1. The molecular formula is C17H15ClN2O2S. The molecule has 0 radical (unpaired) electrons. The Morgan fingerprint density at radius 1 is 1.26 bits per heavy atom. The number of carboxylic acids is 1. The smallest absolute Gasteiger partial charge is 0.326 e. The van der Waals surface area contributed by atoms with Crippen LogP contribution in [0.3, 0.4) is 0 Å². The van der Waals surface area contributed by atoms with Gasteiger partial charge in [0.15, 0.2) is 5.16 Å². The van der Waals surface area contributed by atoms with Crippen LogP contribution in [0.4, 0.5) is 0 Å². The van der Waals surface area contributed by atoms with E-state index in [1.165, 1.54) is 11.8 Å². The lowest BCUT2D eigenvalue weighted by atomic mass is 10.2. The first-order valence-corrected chi connectivity index (χ1v) is 8.49. The largest absolute Gasteiger partial charge is 0.480 e. The average Bonchev–Trinajstić information content (AvgIpc) is 2.91. The van der Waals surface area contributed by atoms with Gasteiger partial charge in [-0.2, -0.15) is 0 Å². The van der Waals surface area contributed by atoms with Gasteiger partial charge < -0.3 is 9.67 Å². The molecule has 0 aliphatic rings. The van der Waals surface area contributed by atoms with Crippen molar-refractivity contribution in [1.29, 1.82) is 0 Å². The number of carboxylic acid groups (broad SMARTS) is 1. The lowest BCUT2D eigenvalue weighted by Crippen LogP contribution is -2.16. The molecule has 1 atom stereocenters. The summed E-state index contributed by atoms with van der Waals surface area (Å²) in [5.41, 5.74) is 2.75. The average molecular weight is 347 g/mol. The number of imidazole rings is 1. The molecule has 0 aliphatic heterocycles. The van der Waals surface area contributed by atoms with E-state index in [0.717, 1.165) is 16.6 Å². The van der Waals surface area contributed by atoms with Crippen LogP contribution in [0.5, 0.6) is 0 Å². The summed E-state index contributed by atoms with van der Waals surface area (Å²) in [5, 5.41) is 10.8. The summed E-state index contributed by atoms with van der Waals surface area (Å²) in [5.74, 6) is -0.172. The molecule has 0 aliphatic carbocycles. The van der Waals surface area contributed by atoms with E-state index in [0.29, 0.717) is 15.9 Å². The van der Waals surface area contributed by atoms with E-state index < -0.39 is 12.0 Å². The summed E-state index contributed by atoms with van der Waals surface area (Å²) in [4.78, 5) is 16.0. The lowest BCUT2D eigenvalue weighted by molar-refractivity contribution is -0.140. The number of aromatic nitrogens is 2. The third-order valence-corrected chi connectivity index (χ3v) is 4.87. The highest BCUT2D eigenvalue weighted by Gasteiger charge is 2.21. The van der Waals surface area contributed by atoms with Crippen LogP contribution >= 0.6 is 23.4 Å². The number of benzene rings is 2. The van der Waals surface area contributed by atoms with Crippen LogP contribution in [0.15, 0.2) is 53.7 Å². The number of rotatable bonds is 5. The SMILES string of the molecule is CC(C(=O)O)n1c(SCc2ccc(Cl)cc2)nc2ccccc21. The minimum absolute atomic E-state index is 0.671. The number of hydrogen-bond acceptors (Lipinski definition) is 3. The minimum Gasteiger partial charge on any atom is -0.480 e. The molecule has 0 bridgehead atoms. The van der Waals surface area contributed by atoms with Crippen molar-refractivity contribution in [1.82, 2.24) is 9.55 Å². The highest BCUT2D eigenvalue weighted by molar-refractivity contribution is 7.98. The van der Waals surface area contributed by atoms with Crippen LogP contribution < -0.4 is 0 Å². The number of hydrogen-bond donors (Lipinski definition) is 1. The van der Waals surface area contributed by atoms with E-state index in [4.69, 9.17) is 11.6 Å². The number of nitrogens with zero attached hydrogens (tertiary/aromatic N) is 2. The normalized spacial score (nSPS) is 12.4. The van der Waals surface area contributed by atoms with Crippen molar-refractivity contribution in [2.45, 2.75) is 23.9 Å². The van der Waals surface area contributed by atoms with Gasteiger partial charge in [-0.05, 0) is 36.8 Å². The van der Waals surface area contributed by atoms with Crippen LogP contribution in [0.1, 0.15) is 18.5 Å². The first kappa shape index (κ1) is 15.9. The number of thioether (sulfide) groups is 1. The number of carbonyl (C=O) groups is 1. The molecule has 23 heavy (non-hydrogen) atoms. The Morgan fingerprint density at radius 3 is 2.65 bits per heavy atom. The Kier molecular flexibility index (Phi) is 4.59. The second-order valence-electron chi connectivity index (χ2n) is 5.18. The summed E-state index contributed by atoms with van der Waals surface area (Å²) in [6.07, 6.45) is 0. The van der Waals surface area contributed by atoms with E-state index >= 15 is 0 Å². The molecule has 1 aromatic heterocycles. The number of aliphatic carboxylic acids is 1. The molecule has 2 aromatic carbocycles. The molecule has 1 heterocycles. The third kappa shape index (κ3) is 3.35. The zero-order valence-corrected chi connectivity index (χ0v) is 14.0. The van der Waals surface area contributed by atoms with Gasteiger partial charge in [-0.1, -0.05) is 47.6 Å². The Bertz CT molecular complexity index is 845. The maximum absolute atomic E-state index is 11.4. The Hall–Kier alpha value is -1.98. The van der Waals surface area contributed by atoms with Gasteiger partial charge in [0.05, 0.1) is 11.0 Å². The van der Waals surface area contributed by atoms with Crippen LogP contribution in [-0.4, -0.2) is 20.6 Å². The molecular weight excluding hydrogens is 332 g/mol. The van der Waals surface area contributed by atoms with Crippen molar-refractivity contribution in [2.24, 2.45) is 0 Å². The molecule has 0 fully saturated rings. The van der Waals surface area contributed by atoms with Gasteiger partial charge in [-0.25, -0.2) is 9.78 Å². The van der Waals surface area contributed by atoms with E-state index in [1.807, 2.05) is 48.5 Å². The van der Waals surface area contributed by atoms with Crippen LogP contribution in [0.2, 0.25) is 5.02 Å². The molecule has 6 heteroatoms. The summed E-state index contributed by atoms with van der Waals surface area (Å²) in [6, 6.07) is 14.5. The second-order valence-corrected chi connectivity index (χ2v) is 6.56. The quantitative estimate of drug-likeness (QED) is 0.684. The number of fused-ring (bicyclic) bond motifs is 1. The van der Waals surface area contributed by atoms with Crippen molar-refractivity contribution >= 4 is 40.4 Å². The van der Waals surface area contributed by atoms with Gasteiger partial charge in [-0.15, -0.1) is 0 Å². The molecule has 118 valence electrons. The molecule has 3 aromatic rings. The summed E-state index contributed by atoms with van der Waals surface area (Å²) in [7, 11) is 0. The summed E-state index contributed by atoms with van der Waals surface area (Å²) < 4.78 is 1.78. The van der Waals surface area contributed by atoms with E-state index in [-0.39, 0.29) is 0 Å². The maximum atomic E-state index is 11.4. The second kappa shape index (κ2) is 6.64. The van der Waals surface area contributed by atoms with E-state index in [9.17, 15) is 9.90 Å². The van der Waals surface area contributed by atoms with E-state index in [1.54, 1.807) is 11.5 Å². The van der Waals surface area contributed by atoms with Crippen LogP contribution in [-0.2, 0) is 10.5 Å². The molecule has 1 N–H and O–H groups in total. The predicted octanol–water partition coefficient (Wildman–Crippen LogP) is 4.63. The van der Waals surface area contributed by atoms with Gasteiger partial charge in [0.1, 0.15) is 6.04 Å². The Morgan fingerprint density at radius 2 is 1.96 bits per heavy atom. The molecule has 0 saturated heterocycles.